The molecule has 0 aliphatic carbocycles. The Balaban J connectivity index is 2.37. The van der Waals surface area contributed by atoms with Crippen LogP contribution < -0.4 is 10.6 Å². The van der Waals surface area contributed by atoms with E-state index in [1.54, 1.807) is 19.0 Å². The zero-order valence-electron chi connectivity index (χ0n) is 16.5. The average molecular weight is 379 g/mol. The molecule has 1 aromatic rings. The molecule has 0 heterocycles. The summed E-state index contributed by atoms with van der Waals surface area (Å²) < 4.78 is 0. The molecule has 0 fully saturated rings. The van der Waals surface area contributed by atoms with Crippen LogP contribution in [0.1, 0.15) is 31.2 Å². The molecule has 0 aliphatic rings. The van der Waals surface area contributed by atoms with Crippen LogP contribution in [0.4, 0.5) is 0 Å². The van der Waals surface area contributed by atoms with Crippen molar-refractivity contribution in [2.45, 2.75) is 32.1 Å². The van der Waals surface area contributed by atoms with Crippen molar-refractivity contribution in [1.29, 1.82) is 0 Å². The summed E-state index contributed by atoms with van der Waals surface area (Å²) >= 11 is 1.91. The number of unbranched alkanes of at least 4 members (excludes halogenated alkanes) is 3. The largest absolute Gasteiger partial charge is 0.356 e. The lowest BCUT2D eigenvalue weighted by atomic mass is 10.1. The van der Waals surface area contributed by atoms with Gasteiger partial charge in [0.2, 0.25) is 5.91 Å². The molecule has 2 N–H and O–H groups in total. The van der Waals surface area contributed by atoms with Gasteiger partial charge in [-0.2, -0.15) is 11.8 Å². The third-order valence-electron chi connectivity index (χ3n) is 3.99. The van der Waals surface area contributed by atoms with Crippen LogP contribution in [0.3, 0.4) is 0 Å². The number of carbonyl (C=O) groups excluding carboxylic acids is 1. The van der Waals surface area contributed by atoms with Crippen LogP contribution in [0.2, 0.25) is 0 Å². The van der Waals surface area contributed by atoms with Gasteiger partial charge in [-0.3, -0.25) is 4.79 Å². The molecule has 0 bridgehead atoms. The highest BCUT2D eigenvalue weighted by Gasteiger charge is 2.04. The molecule has 6 heteroatoms. The Labute approximate surface area is 163 Å². The van der Waals surface area contributed by atoms with E-state index in [1.165, 1.54) is 30.6 Å². The topological polar surface area (TPSA) is 56.7 Å². The first-order chi connectivity index (χ1) is 12.6. The van der Waals surface area contributed by atoms with Gasteiger partial charge in [0, 0.05) is 27.2 Å². The number of nitrogens with one attached hydrogen (secondary N) is 2. The number of benzene rings is 1. The summed E-state index contributed by atoms with van der Waals surface area (Å²) in [6.45, 7) is 1.84. The molecule has 0 atom stereocenters. The maximum absolute atomic E-state index is 11.8. The SMILES string of the molecule is CSCCCCCCNC(=NCC(=O)N(C)C)NCCc1ccccc1. The number of guanidine groups is 1. The minimum absolute atomic E-state index is 0.00576. The summed E-state index contributed by atoms with van der Waals surface area (Å²) in [6.07, 6.45) is 7.99. The molecule has 1 amide bonds. The fourth-order valence-electron chi connectivity index (χ4n) is 2.36. The van der Waals surface area contributed by atoms with E-state index in [-0.39, 0.29) is 12.5 Å². The van der Waals surface area contributed by atoms with Crippen LogP contribution in [0.5, 0.6) is 0 Å². The van der Waals surface area contributed by atoms with Crippen LogP contribution in [0.15, 0.2) is 35.3 Å². The van der Waals surface area contributed by atoms with E-state index in [1.807, 2.05) is 17.8 Å². The van der Waals surface area contributed by atoms with E-state index in [9.17, 15) is 4.79 Å². The van der Waals surface area contributed by atoms with Crippen LogP contribution in [0, 0.1) is 0 Å². The summed E-state index contributed by atoms with van der Waals surface area (Å²) in [5.41, 5.74) is 1.29. The number of nitrogens with zero attached hydrogens (tertiary/aromatic N) is 2. The van der Waals surface area contributed by atoms with Gasteiger partial charge in [0.15, 0.2) is 5.96 Å². The highest BCUT2D eigenvalue weighted by Crippen LogP contribution is 2.04. The summed E-state index contributed by atoms with van der Waals surface area (Å²) in [5.74, 6) is 1.97. The molecule has 26 heavy (non-hydrogen) atoms. The number of aliphatic imine (C=N–C) groups is 1. The first kappa shape index (κ1) is 22.4. The fraction of sp³-hybridized carbons (Fsp3) is 0.600. The van der Waals surface area contributed by atoms with E-state index in [4.69, 9.17) is 0 Å². The van der Waals surface area contributed by atoms with Crippen LogP contribution in [-0.4, -0.2) is 62.5 Å². The molecule has 0 unspecified atom stereocenters. The molecule has 0 saturated carbocycles. The number of thioether (sulfide) groups is 1. The normalized spacial score (nSPS) is 11.3. The van der Waals surface area contributed by atoms with Gasteiger partial charge >= 0.3 is 0 Å². The molecule has 0 spiro atoms. The predicted octanol–water partition coefficient (Wildman–Crippen LogP) is 2.78. The third-order valence-corrected chi connectivity index (χ3v) is 4.68. The van der Waals surface area contributed by atoms with Crippen molar-refractivity contribution in [3.63, 3.8) is 0 Å². The van der Waals surface area contributed by atoms with Gasteiger partial charge in [-0.1, -0.05) is 43.2 Å². The number of rotatable bonds is 12. The molecule has 0 aromatic heterocycles. The number of likely N-dealkylation sites (N-methyl/N-ethyl adjacent to an activating group) is 1. The monoisotopic (exact) mass is 378 g/mol. The van der Waals surface area contributed by atoms with Crippen LogP contribution in [-0.2, 0) is 11.2 Å². The Morgan fingerprint density at radius 2 is 1.73 bits per heavy atom. The van der Waals surface area contributed by atoms with Gasteiger partial charge in [0.25, 0.3) is 0 Å². The first-order valence-electron chi connectivity index (χ1n) is 9.38. The maximum Gasteiger partial charge on any atom is 0.243 e. The molecular weight excluding hydrogens is 344 g/mol. The highest BCUT2D eigenvalue weighted by atomic mass is 32.2. The number of hydrogen-bond donors (Lipinski definition) is 2. The molecule has 0 radical (unpaired) electrons. The highest BCUT2D eigenvalue weighted by molar-refractivity contribution is 7.98. The zero-order valence-corrected chi connectivity index (χ0v) is 17.3. The Morgan fingerprint density at radius 3 is 2.42 bits per heavy atom. The summed E-state index contributed by atoms with van der Waals surface area (Å²) in [5, 5.41) is 6.69. The van der Waals surface area contributed by atoms with Gasteiger partial charge in [-0.25, -0.2) is 4.99 Å². The van der Waals surface area contributed by atoms with E-state index in [2.05, 4.69) is 46.1 Å². The Bertz CT molecular complexity index is 520. The van der Waals surface area contributed by atoms with Crippen LogP contribution in [0.25, 0.3) is 0 Å². The molecule has 146 valence electrons. The van der Waals surface area contributed by atoms with Crippen molar-refractivity contribution < 1.29 is 4.79 Å². The molecule has 0 saturated heterocycles. The van der Waals surface area contributed by atoms with Gasteiger partial charge in [0.1, 0.15) is 6.54 Å². The zero-order chi connectivity index (χ0) is 19.0. The molecule has 0 aliphatic heterocycles. The molecule has 1 aromatic carbocycles. The van der Waals surface area contributed by atoms with E-state index >= 15 is 0 Å². The quantitative estimate of drug-likeness (QED) is 0.334. The minimum atomic E-state index is 0.00576. The second-order valence-corrected chi connectivity index (χ2v) is 7.43. The Kier molecular flexibility index (Phi) is 12.4. The van der Waals surface area contributed by atoms with Crippen molar-refractivity contribution in [3.05, 3.63) is 35.9 Å². The van der Waals surface area contributed by atoms with E-state index in [0.29, 0.717) is 0 Å². The van der Waals surface area contributed by atoms with E-state index < -0.39 is 0 Å². The molecule has 1 rings (SSSR count). The minimum Gasteiger partial charge on any atom is -0.356 e. The number of carbonyl (C=O) groups is 1. The van der Waals surface area contributed by atoms with Crippen molar-refractivity contribution >= 4 is 23.6 Å². The van der Waals surface area contributed by atoms with Crippen molar-refractivity contribution in [2.75, 3.05) is 45.7 Å². The number of amides is 1. The second kappa shape index (κ2) is 14.5. The van der Waals surface area contributed by atoms with Gasteiger partial charge in [-0.15, -0.1) is 0 Å². The predicted molar refractivity (Wildman–Crippen MR) is 114 cm³/mol. The summed E-state index contributed by atoms with van der Waals surface area (Å²) in [4.78, 5) is 17.8. The van der Waals surface area contributed by atoms with Crippen molar-refractivity contribution in [3.8, 4) is 0 Å². The molecule has 5 nitrogen and oxygen atoms in total. The lowest BCUT2D eigenvalue weighted by molar-refractivity contribution is -0.127. The Morgan fingerprint density at radius 1 is 1.04 bits per heavy atom. The van der Waals surface area contributed by atoms with Crippen LogP contribution >= 0.6 is 11.8 Å². The second-order valence-electron chi connectivity index (χ2n) is 6.45. The maximum atomic E-state index is 11.8. The summed E-state index contributed by atoms with van der Waals surface area (Å²) in [6, 6.07) is 10.4. The van der Waals surface area contributed by atoms with Crippen molar-refractivity contribution in [1.82, 2.24) is 15.5 Å². The average Bonchev–Trinajstić information content (AvgIpc) is 2.65. The standard InChI is InChI=1S/C20H34N4OS/c1-24(2)19(25)17-23-20(21-14-9-4-5-10-16-26-3)22-15-13-18-11-7-6-8-12-18/h6-8,11-12H,4-5,9-10,13-17H2,1-3H3,(H2,21,22,23). The van der Waals surface area contributed by atoms with Gasteiger partial charge < -0.3 is 15.5 Å². The summed E-state index contributed by atoms with van der Waals surface area (Å²) in [7, 11) is 3.50. The fourth-order valence-corrected chi connectivity index (χ4v) is 2.86. The Hall–Kier alpha value is -1.69. The first-order valence-corrected chi connectivity index (χ1v) is 10.8. The van der Waals surface area contributed by atoms with Gasteiger partial charge in [-0.05, 0) is 36.8 Å². The molecular formula is C20H34N4OS. The van der Waals surface area contributed by atoms with E-state index in [0.717, 1.165) is 31.9 Å². The lowest BCUT2D eigenvalue weighted by Crippen LogP contribution is -2.40. The van der Waals surface area contributed by atoms with Gasteiger partial charge in [0.05, 0.1) is 0 Å². The number of hydrogen-bond acceptors (Lipinski definition) is 3. The lowest BCUT2D eigenvalue weighted by Gasteiger charge is -2.14. The van der Waals surface area contributed by atoms with Crippen molar-refractivity contribution in [2.24, 2.45) is 4.99 Å². The smallest absolute Gasteiger partial charge is 0.243 e. The third kappa shape index (κ3) is 11.0.